The van der Waals surface area contributed by atoms with Crippen LogP contribution in [0.25, 0.3) is 0 Å². The molecule has 0 amide bonds. The van der Waals surface area contributed by atoms with Crippen molar-refractivity contribution in [2.45, 2.75) is 213 Å². The Morgan fingerprint density at radius 1 is 0.426 bits per heavy atom. The molecule has 0 saturated carbocycles. The second-order valence-corrected chi connectivity index (χ2v) is 13.6. The number of rotatable bonds is 35. The first-order chi connectivity index (χ1) is 22.7. The molecule has 2 N–H and O–H groups in total. The van der Waals surface area contributed by atoms with Gasteiger partial charge in [0.1, 0.15) is 0 Å². The van der Waals surface area contributed by atoms with Crippen molar-refractivity contribution in [1.29, 1.82) is 0 Å². The smallest absolute Gasteiger partial charge is 0.312 e. The highest BCUT2D eigenvalue weighted by atomic mass is 16.7. The summed E-state index contributed by atoms with van der Waals surface area (Å²) in [5.41, 5.74) is 0. The number of carboxylic acid groups (broad SMARTS) is 2. The van der Waals surface area contributed by atoms with Crippen molar-refractivity contribution in [3.05, 3.63) is 0 Å². The SMILES string of the molecule is CCCCCCC(CCCCCCCCCC(=O)O)C(=O)OC(CC)OC(=O)C(CCCCCC)CCCCCCCCCC(=O)O. The van der Waals surface area contributed by atoms with Crippen LogP contribution in [0.5, 0.6) is 0 Å². The summed E-state index contributed by atoms with van der Waals surface area (Å²) in [6.07, 6.45) is 25.9. The molecule has 47 heavy (non-hydrogen) atoms. The van der Waals surface area contributed by atoms with Gasteiger partial charge in [0, 0.05) is 19.3 Å². The summed E-state index contributed by atoms with van der Waals surface area (Å²) in [6, 6.07) is 0. The van der Waals surface area contributed by atoms with E-state index < -0.39 is 18.2 Å². The second-order valence-electron chi connectivity index (χ2n) is 13.6. The lowest BCUT2D eigenvalue weighted by Crippen LogP contribution is -2.30. The molecule has 0 saturated heterocycles. The number of hydrogen-bond acceptors (Lipinski definition) is 6. The van der Waals surface area contributed by atoms with E-state index in [2.05, 4.69) is 13.8 Å². The zero-order valence-corrected chi connectivity index (χ0v) is 30.6. The van der Waals surface area contributed by atoms with E-state index in [0.29, 0.717) is 6.42 Å². The zero-order valence-electron chi connectivity index (χ0n) is 30.6. The number of ether oxygens (including phenoxy) is 2. The Balaban J connectivity index is 4.85. The molecular weight excluding hydrogens is 596 g/mol. The number of esters is 2. The van der Waals surface area contributed by atoms with Gasteiger partial charge in [-0.05, 0) is 38.5 Å². The van der Waals surface area contributed by atoms with Gasteiger partial charge in [-0.3, -0.25) is 19.2 Å². The van der Waals surface area contributed by atoms with E-state index in [0.717, 1.165) is 167 Å². The predicted molar refractivity (Wildman–Crippen MR) is 189 cm³/mol. The highest BCUT2D eigenvalue weighted by Gasteiger charge is 2.27. The molecule has 0 fully saturated rings. The highest BCUT2D eigenvalue weighted by molar-refractivity contribution is 5.74. The number of carbonyl (C=O) groups excluding carboxylic acids is 2. The summed E-state index contributed by atoms with van der Waals surface area (Å²) in [5.74, 6) is -2.28. The fourth-order valence-electron chi connectivity index (χ4n) is 6.14. The van der Waals surface area contributed by atoms with Crippen molar-refractivity contribution in [3.63, 3.8) is 0 Å². The van der Waals surface area contributed by atoms with Crippen LogP contribution < -0.4 is 0 Å². The van der Waals surface area contributed by atoms with Crippen LogP contribution in [0.1, 0.15) is 207 Å². The van der Waals surface area contributed by atoms with Crippen LogP contribution in [0.2, 0.25) is 0 Å². The molecule has 8 heteroatoms. The maximum Gasteiger partial charge on any atom is 0.312 e. The van der Waals surface area contributed by atoms with Gasteiger partial charge in [0.05, 0.1) is 11.8 Å². The average Bonchev–Trinajstić information content (AvgIpc) is 3.04. The van der Waals surface area contributed by atoms with Crippen molar-refractivity contribution in [1.82, 2.24) is 0 Å². The highest BCUT2D eigenvalue weighted by Crippen LogP contribution is 2.24. The molecule has 8 nitrogen and oxygen atoms in total. The molecule has 0 spiro atoms. The molecule has 0 aliphatic carbocycles. The molecule has 0 bridgehead atoms. The fourth-order valence-corrected chi connectivity index (χ4v) is 6.14. The van der Waals surface area contributed by atoms with Gasteiger partial charge in [-0.2, -0.15) is 0 Å². The molecule has 0 aromatic carbocycles. The van der Waals surface area contributed by atoms with Gasteiger partial charge in [0.2, 0.25) is 6.29 Å². The summed E-state index contributed by atoms with van der Waals surface area (Å²) in [4.78, 5) is 48.0. The van der Waals surface area contributed by atoms with E-state index in [1.807, 2.05) is 6.92 Å². The third-order valence-electron chi connectivity index (χ3n) is 9.19. The molecular formula is C39H72O8. The van der Waals surface area contributed by atoms with Crippen molar-refractivity contribution < 1.29 is 38.9 Å². The maximum absolute atomic E-state index is 13.3. The summed E-state index contributed by atoms with van der Waals surface area (Å²) >= 11 is 0. The van der Waals surface area contributed by atoms with Crippen molar-refractivity contribution in [3.8, 4) is 0 Å². The van der Waals surface area contributed by atoms with E-state index in [1.54, 1.807) is 0 Å². The lowest BCUT2D eigenvalue weighted by molar-refractivity contribution is -0.194. The molecule has 276 valence electrons. The van der Waals surface area contributed by atoms with E-state index in [1.165, 1.54) is 0 Å². The Bertz CT molecular complexity index is 721. The Kier molecular flexibility index (Phi) is 31.0. The zero-order chi connectivity index (χ0) is 35.0. The van der Waals surface area contributed by atoms with Crippen LogP contribution in [0.15, 0.2) is 0 Å². The molecule has 2 unspecified atom stereocenters. The van der Waals surface area contributed by atoms with Crippen molar-refractivity contribution in [2.24, 2.45) is 11.8 Å². The Morgan fingerprint density at radius 2 is 0.702 bits per heavy atom. The number of carbonyl (C=O) groups is 4. The largest absolute Gasteiger partial charge is 0.481 e. The molecule has 0 heterocycles. The Morgan fingerprint density at radius 3 is 0.979 bits per heavy atom. The van der Waals surface area contributed by atoms with Crippen LogP contribution in [0, 0.1) is 11.8 Å². The van der Waals surface area contributed by atoms with Gasteiger partial charge in [0.25, 0.3) is 0 Å². The van der Waals surface area contributed by atoms with Crippen LogP contribution in [0.4, 0.5) is 0 Å². The van der Waals surface area contributed by atoms with Gasteiger partial charge in [-0.1, -0.05) is 149 Å². The topological polar surface area (TPSA) is 127 Å². The first-order valence-corrected chi connectivity index (χ1v) is 19.6. The first kappa shape index (κ1) is 44.9. The summed E-state index contributed by atoms with van der Waals surface area (Å²) in [7, 11) is 0. The summed E-state index contributed by atoms with van der Waals surface area (Å²) in [6.45, 7) is 6.25. The van der Waals surface area contributed by atoms with Crippen LogP contribution >= 0.6 is 0 Å². The molecule has 0 aliphatic rings. The third kappa shape index (κ3) is 28.6. The summed E-state index contributed by atoms with van der Waals surface area (Å²) < 4.78 is 11.7. The quantitative estimate of drug-likeness (QED) is 0.0388. The Hall–Kier alpha value is -2.12. The van der Waals surface area contributed by atoms with E-state index in [4.69, 9.17) is 19.7 Å². The lowest BCUT2D eigenvalue weighted by Gasteiger charge is -2.23. The number of unbranched alkanes of at least 4 members (excludes halogenated alkanes) is 18. The van der Waals surface area contributed by atoms with Crippen LogP contribution in [-0.4, -0.2) is 40.4 Å². The predicted octanol–water partition coefficient (Wildman–Crippen LogP) is 11.2. The standard InChI is InChI=1S/C39H72O8/c1-4-7-9-21-27-33(29-23-17-13-11-15-19-25-31-35(40)41)38(44)46-37(6-3)47-39(45)34(28-22-10-8-5-2)30-24-18-14-12-16-20-26-32-36(42)43/h33-34,37H,4-32H2,1-3H3,(H,40,41)(H,42,43). The third-order valence-corrected chi connectivity index (χ3v) is 9.19. The lowest BCUT2D eigenvalue weighted by atomic mass is 9.94. The fraction of sp³-hybridized carbons (Fsp3) is 0.897. The van der Waals surface area contributed by atoms with Crippen molar-refractivity contribution >= 4 is 23.9 Å². The van der Waals surface area contributed by atoms with E-state index in [9.17, 15) is 19.2 Å². The number of aliphatic carboxylic acids is 2. The normalized spacial score (nSPS) is 13.2. The van der Waals surface area contributed by atoms with Gasteiger partial charge in [-0.25, -0.2) is 0 Å². The van der Waals surface area contributed by atoms with E-state index >= 15 is 0 Å². The minimum atomic E-state index is -0.845. The molecule has 0 rings (SSSR count). The average molecular weight is 669 g/mol. The minimum Gasteiger partial charge on any atom is -0.481 e. The van der Waals surface area contributed by atoms with Crippen LogP contribution in [-0.2, 0) is 28.7 Å². The van der Waals surface area contributed by atoms with Gasteiger partial charge >= 0.3 is 23.9 Å². The molecule has 0 aliphatic heterocycles. The maximum atomic E-state index is 13.3. The number of carboxylic acids is 2. The van der Waals surface area contributed by atoms with E-state index in [-0.39, 0.29) is 36.6 Å². The monoisotopic (exact) mass is 669 g/mol. The molecule has 0 aromatic heterocycles. The number of hydrogen-bond donors (Lipinski definition) is 2. The van der Waals surface area contributed by atoms with Gasteiger partial charge in [0.15, 0.2) is 0 Å². The summed E-state index contributed by atoms with van der Waals surface area (Å²) in [5, 5.41) is 17.5. The molecule has 0 aromatic rings. The first-order valence-electron chi connectivity index (χ1n) is 19.6. The van der Waals surface area contributed by atoms with Gasteiger partial charge in [-0.15, -0.1) is 0 Å². The van der Waals surface area contributed by atoms with Gasteiger partial charge < -0.3 is 19.7 Å². The second kappa shape index (κ2) is 32.4. The van der Waals surface area contributed by atoms with Crippen molar-refractivity contribution in [2.75, 3.05) is 0 Å². The molecule has 0 radical (unpaired) electrons. The Labute approximate surface area is 287 Å². The molecule has 2 atom stereocenters. The minimum absolute atomic E-state index is 0.177. The van der Waals surface area contributed by atoms with Crippen LogP contribution in [0.3, 0.4) is 0 Å².